The van der Waals surface area contributed by atoms with Gasteiger partial charge in [0.2, 0.25) is 5.89 Å². The lowest BCUT2D eigenvalue weighted by Crippen LogP contribution is -2.17. The average Bonchev–Trinajstić information content (AvgIpc) is 3.48. The molecule has 1 amide bonds. The number of hydrogen-bond acceptors (Lipinski definition) is 11. The van der Waals surface area contributed by atoms with Gasteiger partial charge < -0.3 is 41.1 Å². The number of aryl methyl sites for hydroxylation is 1. The third kappa shape index (κ3) is 9.30. The highest BCUT2D eigenvalue weighted by molar-refractivity contribution is 5.96. The van der Waals surface area contributed by atoms with Gasteiger partial charge in [-0.05, 0) is 43.7 Å². The number of primary amides is 1. The predicted molar refractivity (Wildman–Crippen MR) is 149 cm³/mol. The Labute approximate surface area is 233 Å². The van der Waals surface area contributed by atoms with E-state index < -0.39 is 12.1 Å². The largest absolute Gasteiger partial charge is 0.444 e. The molecule has 3 aromatic rings. The molecule has 13 heteroatoms. The first kappa shape index (κ1) is 29.5. The molecular weight excluding hydrogens is 516 g/mol. The van der Waals surface area contributed by atoms with Gasteiger partial charge in [-0.15, -0.1) is 0 Å². The van der Waals surface area contributed by atoms with E-state index in [0.717, 1.165) is 49.5 Å². The smallest absolute Gasteiger partial charge is 0.271 e. The number of rotatable bonds is 20. The van der Waals surface area contributed by atoms with Crippen molar-refractivity contribution in [2.75, 3.05) is 50.2 Å². The number of nitrogens with one attached hydrogen (secondary N) is 2. The van der Waals surface area contributed by atoms with Gasteiger partial charge in [0.25, 0.3) is 5.91 Å². The van der Waals surface area contributed by atoms with Gasteiger partial charge in [0.05, 0.1) is 25.5 Å². The molecule has 0 aromatic carbocycles. The number of anilines is 2. The van der Waals surface area contributed by atoms with Crippen molar-refractivity contribution in [3.8, 4) is 11.5 Å². The lowest BCUT2D eigenvalue weighted by Gasteiger charge is -2.10. The number of aromatic nitrogens is 4. The first-order valence-corrected chi connectivity index (χ1v) is 13.9. The van der Waals surface area contributed by atoms with Crippen molar-refractivity contribution in [1.82, 2.24) is 19.7 Å². The maximum Gasteiger partial charge on any atom is 0.271 e. The fourth-order valence-corrected chi connectivity index (χ4v) is 4.06. The van der Waals surface area contributed by atoms with Crippen molar-refractivity contribution in [1.29, 1.82) is 0 Å². The van der Waals surface area contributed by atoms with Crippen molar-refractivity contribution in [2.45, 2.75) is 51.3 Å². The summed E-state index contributed by atoms with van der Waals surface area (Å²) in [6, 6.07) is 3.65. The molecule has 0 radical (unpaired) electrons. The highest BCUT2D eigenvalue weighted by Crippen LogP contribution is 2.29. The summed E-state index contributed by atoms with van der Waals surface area (Å²) in [5.41, 5.74) is 12.3. The van der Waals surface area contributed by atoms with Gasteiger partial charge in [0.1, 0.15) is 17.8 Å². The van der Waals surface area contributed by atoms with E-state index >= 15 is 0 Å². The van der Waals surface area contributed by atoms with Gasteiger partial charge in [-0.1, -0.05) is 12.8 Å². The standard InChI is InChI=1S/C27H40N8O5/c28-8-12-39-14-13-38-11-4-2-1-3-10-35-17-21(24(34-35)25(29)36)32-26(37)22-18-40-27(33-22)20-7-9-30-23(15-20)31-16-19-5-6-19/h7,9,15,17-19,26,32,37H,1-6,8,10-14,16,28H2,(H2,29,36)(H,30,31). The van der Waals surface area contributed by atoms with Crippen LogP contribution in [0.3, 0.4) is 0 Å². The molecule has 0 bridgehead atoms. The lowest BCUT2D eigenvalue weighted by atomic mass is 10.2. The summed E-state index contributed by atoms with van der Waals surface area (Å²) in [5.74, 6) is 1.13. The summed E-state index contributed by atoms with van der Waals surface area (Å²) in [4.78, 5) is 20.7. The number of oxazole rings is 1. The van der Waals surface area contributed by atoms with Crippen LogP contribution >= 0.6 is 0 Å². The topological polar surface area (TPSA) is 189 Å². The number of carbonyl (C=O) groups excluding carboxylic acids is 1. The van der Waals surface area contributed by atoms with Crippen LogP contribution < -0.4 is 22.1 Å². The molecule has 0 aliphatic heterocycles. The van der Waals surface area contributed by atoms with E-state index in [0.29, 0.717) is 51.1 Å². The van der Waals surface area contributed by atoms with Crippen molar-refractivity contribution in [3.63, 3.8) is 0 Å². The average molecular weight is 557 g/mol. The fraction of sp³-hybridized carbons (Fsp3) is 0.556. The van der Waals surface area contributed by atoms with Crippen LogP contribution in [0.2, 0.25) is 0 Å². The third-order valence-electron chi connectivity index (χ3n) is 6.43. The van der Waals surface area contributed by atoms with Crippen molar-refractivity contribution in [3.05, 3.63) is 42.2 Å². The zero-order valence-corrected chi connectivity index (χ0v) is 22.8. The van der Waals surface area contributed by atoms with E-state index in [1.807, 2.05) is 6.07 Å². The quantitative estimate of drug-likeness (QED) is 0.102. The first-order chi connectivity index (χ1) is 19.5. The Morgan fingerprint density at radius 1 is 1.18 bits per heavy atom. The fourth-order valence-electron chi connectivity index (χ4n) is 4.06. The van der Waals surface area contributed by atoms with Crippen LogP contribution in [-0.4, -0.2) is 70.3 Å². The van der Waals surface area contributed by atoms with E-state index in [2.05, 4.69) is 25.7 Å². The van der Waals surface area contributed by atoms with Gasteiger partial charge in [0.15, 0.2) is 11.9 Å². The summed E-state index contributed by atoms with van der Waals surface area (Å²) in [5, 5.41) is 21.3. The molecule has 13 nitrogen and oxygen atoms in total. The molecule has 0 saturated heterocycles. The highest BCUT2D eigenvalue weighted by atomic mass is 16.5. The Hall–Kier alpha value is -3.52. The first-order valence-electron chi connectivity index (χ1n) is 13.9. The Morgan fingerprint density at radius 3 is 2.75 bits per heavy atom. The van der Waals surface area contributed by atoms with Crippen LogP contribution in [-0.2, 0) is 16.0 Å². The Bertz CT molecular complexity index is 1200. The molecule has 3 heterocycles. The third-order valence-corrected chi connectivity index (χ3v) is 6.43. The summed E-state index contributed by atoms with van der Waals surface area (Å²) in [6.45, 7) is 4.40. The normalized spacial score (nSPS) is 13.8. The number of nitrogens with zero attached hydrogens (tertiary/aromatic N) is 4. The second-order valence-electron chi connectivity index (χ2n) is 9.82. The van der Waals surface area contributed by atoms with Crippen molar-refractivity contribution < 1.29 is 23.8 Å². The molecule has 1 aliphatic carbocycles. The number of ether oxygens (including phenoxy) is 2. The van der Waals surface area contributed by atoms with Crippen LogP contribution in [0.15, 0.2) is 35.2 Å². The molecule has 40 heavy (non-hydrogen) atoms. The molecule has 0 spiro atoms. The van der Waals surface area contributed by atoms with E-state index in [-0.39, 0.29) is 11.4 Å². The predicted octanol–water partition coefficient (Wildman–Crippen LogP) is 2.51. The number of unbranched alkanes of at least 4 members (excludes halogenated alkanes) is 3. The van der Waals surface area contributed by atoms with Gasteiger partial charge in [-0.3, -0.25) is 9.48 Å². The van der Waals surface area contributed by atoms with Crippen LogP contribution in [0.5, 0.6) is 0 Å². The molecule has 1 atom stereocenters. The van der Waals surface area contributed by atoms with Crippen molar-refractivity contribution >= 4 is 17.4 Å². The minimum Gasteiger partial charge on any atom is -0.444 e. The molecule has 1 saturated carbocycles. The number of aliphatic hydroxyl groups is 1. The number of nitrogens with two attached hydrogens (primary N) is 2. The van der Waals surface area contributed by atoms with Crippen molar-refractivity contribution in [2.24, 2.45) is 17.4 Å². The number of aliphatic hydroxyl groups excluding tert-OH is 1. The van der Waals surface area contributed by atoms with Crippen LogP contribution in [0.4, 0.5) is 11.5 Å². The second-order valence-corrected chi connectivity index (χ2v) is 9.82. The molecule has 3 aromatic heterocycles. The molecule has 1 fully saturated rings. The van der Waals surface area contributed by atoms with Crippen LogP contribution in [0.25, 0.3) is 11.5 Å². The molecule has 218 valence electrons. The van der Waals surface area contributed by atoms with Crippen LogP contribution in [0, 0.1) is 5.92 Å². The summed E-state index contributed by atoms with van der Waals surface area (Å²) in [6.07, 6.45) is 9.82. The van der Waals surface area contributed by atoms with Crippen LogP contribution in [0.1, 0.15) is 60.9 Å². The molecular formula is C27H40N8O5. The maximum absolute atomic E-state index is 12.0. The second kappa shape index (κ2) is 15.3. The number of hydrogen-bond donors (Lipinski definition) is 5. The molecule has 1 aliphatic rings. The SMILES string of the molecule is NCCOCCOCCCCCCn1cc(NC(O)c2coc(-c3ccnc(NCC4CC4)c3)n2)c(C(N)=O)n1. The van der Waals surface area contributed by atoms with E-state index in [1.54, 1.807) is 23.1 Å². The monoisotopic (exact) mass is 556 g/mol. The molecule has 4 rings (SSSR count). The Balaban J connectivity index is 1.23. The lowest BCUT2D eigenvalue weighted by molar-refractivity contribution is 0.0492. The molecule has 1 unspecified atom stereocenters. The minimum atomic E-state index is -1.23. The maximum atomic E-state index is 12.0. The number of pyridine rings is 1. The van der Waals surface area contributed by atoms with Gasteiger partial charge in [-0.2, -0.15) is 5.10 Å². The Kier molecular flexibility index (Phi) is 11.3. The highest BCUT2D eigenvalue weighted by Gasteiger charge is 2.22. The summed E-state index contributed by atoms with van der Waals surface area (Å²) in [7, 11) is 0. The van der Waals surface area contributed by atoms with Gasteiger partial charge in [-0.25, -0.2) is 9.97 Å². The van der Waals surface area contributed by atoms with E-state index in [1.165, 1.54) is 19.1 Å². The Morgan fingerprint density at radius 2 is 1.98 bits per heavy atom. The van der Waals surface area contributed by atoms with Gasteiger partial charge >= 0.3 is 0 Å². The number of carbonyl (C=O) groups is 1. The zero-order valence-electron chi connectivity index (χ0n) is 22.8. The van der Waals surface area contributed by atoms with E-state index in [9.17, 15) is 9.90 Å². The number of amides is 1. The zero-order chi connectivity index (χ0) is 28.2. The van der Waals surface area contributed by atoms with E-state index in [4.69, 9.17) is 25.4 Å². The summed E-state index contributed by atoms with van der Waals surface area (Å²) < 4.78 is 18.1. The molecule has 7 N–H and O–H groups in total. The van der Waals surface area contributed by atoms with Gasteiger partial charge in [0, 0.05) is 44.2 Å². The minimum absolute atomic E-state index is 0.0496. The summed E-state index contributed by atoms with van der Waals surface area (Å²) >= 11 is 0.